The Morgan fingerprint density at radius 3 is 2.79 bits per heavy atom. The third kappa shape index (κ3) is 3.29. The van der Waals surface area contributed by atoms with E-state index in [9.17, 15) is 14.9 Å². The Hall–Kier alpha value is -1.95. The molecule has 19 heavy (non-hydrogen) atoms. The highest BCUT2D eigenvalue weighted by Gasteiger charge is 2.26. The molecule has 0 aromatic heterocycles. The van der Waals surface area contributed by atoms with Crippen molar-refractivity contribution in [3.8, 4) is 0 Å². The van der Waals surface area contributed by atoms with Crippen molar-refractivity contribution in [2.45, 2.75) is 37.8 Å². The Labute approximate surface area is 111 Å². The number of nitro benzene ring substituents is 1. The normalized spacial score (nSPS) is 22.2. The van der Waals surface area contributed by atoms with E-state index < -0.39 is 4.92 Å². The molecule has 2 rings (SSSR count). The van der Waals surface area contributed by atoms with Gasteiger partial charge in [0.25, 0.3) is 5.69 Å². The Morgan fingerprint density at radius 1 is 1.42 bits per heavy atom. The summed E-state index contributed by atoms with van der Waals surface area (Å²) in [5.74, 6) is -0.211. The van der Waals surface area contributed by atoms with Gasteiger partial charge in [-0.25, -0.2) is 0 Å². The van der Waals surface area contributed by atoms with Gasteiger partial charge in [0.1, 0.15) is 0 Å². The molecule has 0 heterocycles. The molecule has 1 amide bonds. The van der Waals surface area contributed by atoms with E-state index in [0.29, 0.717) is 5.56 Å². The third-order valence-corrected chi connectivity index (χ3v) is 3.46. The number of nitro groups is 1. The van der Waals surface area contributed by atoms with Crippen LogP contribution >= 0.6 is 0 Å². The Morgan fingerprint density at radius 2 is 2.16 bits per heavy atom. The van der Waals surface area contributed by atoms with Gasteiger partial charge in [-0.3, -0.25) is 14.9 Å². The van der Waals surface area contributed by atoms with E-state index in [1.165, 1.54) is 6.07 Å². The van der Waals surface area contributed by atoms with E-state index >= 15 is 0 Å². The summed E-state index contributed by atoms with van der Waals surface area (Å²) in [7, 11) is 0. The lowest BCUT2D eigenvalue weighted by Crippen LogP contribution is -2.44. The van der Waals surface area contributed by atoms with Crippen LogP contribution in [-0.4, -0.2) is 22.9 Å². The van der Waals surface area contributed by atoms with Crippen LogP contribution in [0.3, 0.4) is 0 Å². The van der Waals surface area contributed by atoms with E-state index in [1.54, 1.807) is 18.2 Å². The van der Waals surface area contributed by atoms with Gasteiger partial charge in [-0.1, -0.05) is 18.2 Å². The number of benzene rings is 1. The molecular formula is C13H17N3O3. The second kappa shape index (κ2) is 5.79. The van der Waals surface area contributed by atoms with Crippen molar-refractivity contribution in [3.05, 3.63) is 39.9 Å². The van der Waals surface area contributed by atoms with Crippen LogP contribution in [0.5, 0.6) is 0 Å². The lowest BCUT2D eigenvalue weighted by Gasteiger charge is -2.17. The number of carbonyl (C=O) groups excluding carboxylic acids is 1. The topological polar surface area (TPSA) is 98.3 Å². The van der Waals surface area contributed by atoms with Gasteiger partial charge in [-0.05, 0) is 19.3 Å². The fourth-order valence-electron chi connectivity index (χ4n) is 2.44. The van der Waals surface area contributed by atoms with Crippen LogP contribution in [0.1, 0.15) is 24.8 Å². The van der Waals surface area contributed by atoms with Crippen molar-refractivity contribution in [2.75, 3.05) is 0 Å². The van der Waals surface area contributed by atoms with Crippen LogP contribution in [-0.2, 0) is 11.2 Å². The SMILES string of the molecule is NC1CCCC1NC(=O)Cc1ccccc1[N+](=O)[O-]. The van der Waals surface area contributed by atoms with Gasteiger partial charge < -0.3 is 11.1 Å². The first-order valence-electron chi connectivity index (χ1n) is 6.35. The highest BCUT2D eigenvalue weighted by Crippen LogP contribution is 2.20. The van der Waals surface area contributed by atoms with Crippen LogP contribution in [0.25, 0.3) is 0 Å². The first-order valence-corrected chi connectivity index (χ1v) is 6.35. The number of nitrogens with one attached hydrogen (secondary N) is 1. The molecular weight excluding hydrogens is 246 g/mol. The average molecular weight is 263 g/mol. The zero-order chi connectivity index (χ0) is 13.8. The van der Waals surface area contributed by atoms with Crippen molar-refractivity contribution in [3.63, 3.8) is 0 Å². The van der Waals surface area contributed by atoms with E-state index in [-0.39, 0.29) is 30.1 Å². The third-order valence-electron chi connectivity index (χ3n) is 3.46. The van der Waals surface area contributed by atoms with Gasteiger partial charge in [-0.15, -0.1) is 0 Å². The van der Waals surface area contributed by atoms with Gasteiger partial charge in [0.15, 0.2) is 0 Å². The van der Waals surface area contributed by atoms with Crippen molar-refractivity contribution in [2.24, 2.45) is 5.73 Å². The number of nitrogens with two attached hydrogens (primary N) is 1. The average Bonchev–Trinajstić information content (AvgIpc) is 2.75. The van der Waals surface area contributed by atoms with E-state index in [1.807, 2.05) is 0 Å². The highest BCUT2D eigenvalue weighted by molar-refractivity contribution is 5.80. The number of para-hydroxylation sites is 1. The molecule has 1 saturated carbocycles. The second-order valence-electron chi connectivity index (χ2n) is 4.83. The molecule has 1 fully saturated rings. The van der Waals surface area contributed by atoms with Gasteiger partial charge in [-0.2, -0.15) is 0 Å². The number of carbonyl (C=O) groups is 1. The summed E-state index contributed by atoms with van der Waals surface area (Å²) in [6.07, 6.45) is 2.82. The number of amides is 1. The standard InChI is InChI=1S/C13H17N3O3/c14-10-5-3-6-11(10)15-13(17)8-9-4-1-2-7-12(9)16(18)19/h1-2,4,7,10-11H,3,5-6,8,14H2,(H,15,17). The predicted molar refractivity (Wildman–Crippen MR) is 70.6 cm³/mol. The van der Waals surface area contributed by atoms with Crippen LogP contribution in [0, 0.1) is 10.1 Å². The summed E-state index contributed by atoms with van der Waals surface area (Å²) in [5.41, 5.74) is 6.28. The first kappa shape index (κ1) is 13.5. The van der Waals surface area contributed by atoms with Crippen molar-refractivity contribution in [1.82, 2.24) is 5.32 Å². The minimum atomic E-state index is -0.468. The molecule has 0 spiro atoms. The number of hydrogen-bond donors (Lipinski definition) is 2. The molecule has 2 atom stereocenters. The molecule has 0 bridgehead atoms. The maximum atomic E-state index is 11.9. The quantitative estimate of drug-likeness (QED) is 0.628. The molecule has 6 heteroatoms. The van der Waals surface area contributed by atoms with Gasteiger partial charge in [0, 0.05) is 23.7 Å². The first-order chi connectivity index (χ1) is 9.08. The molecule has 3 N–H and O–H groups in total. The predicted octanol–water partition coefficient (Wildman–Crippen LogP) is 1.13. The number of hydrogen-bond acceptors (Lipinski definition) is 4. The molecule has 0 radical (unpaired) electrons. The zero-order valence-electron chi connectivity index (χ0n) is 10.5. The van der Waals surface area contributed by atoms with Gasteiger partial charge in [0.2, 0.25) is 5.91 Å². The smallest absolute Gasteiger partial charge is 0.273 e. The summed E-state index contributed by atoms with van der Waals surface area (Å²) in [4.78, 5) is 22.3. The number of rotatable bonds is 4. The number of nitrogens with zero attached hydrogens (tertiary/aromatic N) is 1. The highest BCUT2D eigenvalue weighted by atomic mass is 16.6. The molecule has 1 aromatic carbocycles. The summed E-state index contributed by atoms with van der Waals surface area (Å²) >= 11 is 0. The molecule has 2 unspecified atom stereocenters. The van der Waals surface area contributed by atoms with Crippen LogP contribution < -0.4 is 11.1 Å². The zero-order valence-corrected chi connectivity index (χ0v) is 10.5. The minimum Gasteiger partial charge on any atom is -0.352 e. The molecule has 102 valence electrons. The molecule has 1 aliphatic rings. The van der Waals surface area contributed by atoms with E-state index in [2.05, 4.69) is 5.32 Å². The van der Waals surface area contributed by atoms with Gasteiger partial charge >= 0.3 is 0 Å². The Bertz CT molecular complexity index is 490. The molecule has 1 aliphatic carbocycles. The second-order valence-corrected chi connectivity index (χ2v) is 4.83. The minimum absolute atomic E-state index is 0.00438. The lowest BCUT2D eigenvalue weighted by molar-refractivity contribution is -0.385. The lowest BCUT2D eigenvalue weighted by atomic mass is 10.1. The largest absolute Gasteiger partial charge is 0.352 e. The molecule has 1 aromatic rings. The fraction of sp³-hybridized carbons (Fsp3) is 0.462. The van der Waals surface area contributed by atoms with E-state index in [4.69, 9.17) is 5.73 Å². The van der Waals surface area contributed by atoms with Crippen LogP contribution in [0.2, 0.25) is 0 Å². The summed E-state index contributed by atoms with van der Waals surface area (Å²) in [6.45, 7) is 0. The maximum absolute atomic E-state index is 11.9. The van der Waals surface area contributed by atoms with Gasteiger partial charge in [0.05, 0.1) is 11.3 Å². The van der Waals surface area contributed by atoms with E-state index in [0.717, 1.165) is 19.3 Å². The Kier molecular flexibility index (Phi) is 4.11. The summed E-state index contributed by atoms with van der Waals surface area (Å²) < 4.78 is 0. The monoisotopic (exact) mass is 263 g/mol. The van der Waals surface area contributed by atoms with Crippen molar-refractivity contribution < 1.29 is 9.72 Å². The Balaban J connectivity index is 2.01. The van der Waals surface area contributed by atoms with Crippen LogP contribution in [0.15, 0.2) is 24.3 Å². The summed E-state index contributed by atoms with van der Waals surface area (Å²) in [6, 6.07) is 6.28. The van der Waals surface area contributed by atoms with Crippen LogP contribution in [0.4, 0.5) is 5.69 Å². The molecule has 0 aliphatic heterocycles. The summed E-state index contributed by atoms with van der Waals surface area (Å²) in [5, 5.41) is 13.7. The fourth-order valence-corrected chi connectivity index (χ4v) is 2.44. The molecule has 6 nitrogen and oxygen atoms in total. The van der Waals surface area contributed by atoms with Crippen molar-refractivity contribution >= 4 is 11.6 Å². The maximum Gasteiger partial charge on any atom is 0.273 e. The van der Waals surface area contributed by atoms with Crippen molar-refractivity contribution in [1.29, 1.82) is 0 Å². The molecule has 0 saturated heterocycles.